The van der Waals surface area contributed by atoms with E-state index in [2.05, 4.69) is 38.1 Å². The molecule has 0 bridgehead atoms. The fourth-order valence-electron chi connectivity index (χ4n) is 3.33. The second kappa shape index (κ2) is 8.72. The van der Waals surface area contributed by atoms with Gasteiger partial charge in [0.25, 0.3) is 0 Å². The molecule has 0 aliphatic carbocycles. The van der Waals surface area contributed by atoms with Crippen LogP contribution in [-0.2, 0) is 17.8 Å². The summed E-state index contributed by atoms with van der Waals surface area (Å²) in [4.78, 5) is 11.1. The van der Waals surface area contributed by atoms with Gasteiger partial charge in [0.15, 0.2) is 0 Å². The predicted molar refractivity (Wildman–Crippen MR) is 109 cm³/mol. The van der Waals surface area contributed by atoms with E-state index in [-0.39, 0.29) is 6.42 Å². The van der Waals surface area contributed by atoms with Gasteiger partial charge in [-0.1, -0.05) is 55.0 Å². The molecule has 0 unspecified atom stereocenters. The molecule has 0 fully saturated rings. The SMILES string of the molecule is CCC(C)=CCC/C=C1/c2ccccc2COc2ccc(CC(=O)O)cc21. The lowest BCUT2D eigenvalue weighted by Gasteiger charge is -2.12. The van der Waals surface area contributed by atoms with Gasteiger partial charge in [0.2, 0.25) is 0 Å². The number of carboxylic acid groups (broad SMARTS) is 1. The highest BCUT2D eigenvalue weighted by Gasteiger charge is 2.19. The number of unbranched alkanes of at least 4 members (excludes halogenated alkanes) is 1. The second-order valence-electron chi connectivity index (χ2n) is 6.95. The highest BCUT2D eigenvalue weighted by atomic mass is 16.5. The van der Waals surface area contributed by atoms with Crippen molar-refractivity contribution in [2.24, 2.45) is 0 Å². The van der Waals surface area contributed by atoms with Crippen molar-refractivity contribution in [3.63, 3.8) is 0 Å². The topological polar surface area (TPSA) is 46.5 Å². The monoisotopic (exact) mass is 362 g/mol. The van der Waals surface area contributed by atoms with Gasteiger partial charge in [-0.15, -0.1) is 0 Å². The summed E-state index contributed by atoms with van der Waals surface area (Å²) in [5, 5.41) is 9.15. The first kappa shape index (κ1) is 19.0. The van der Waals surface area contributed by atoms with Crippen LogP contribution >= 0.6 is 0 Å². The van der Waals surface area contributed by atoms with Crippen LogP contribution in [0.25, 0.3) is 5.57 Å². The molecular weight excluding hydrogens is 336 g/mol. The van der Waals surface area contributed by atoms with Crippen LogP contribution in [0.3, 0.4) is 0 Å². The summed E-state index contributed by atoms with van der Waals surface area (Å²) in [7, 11) is 0. The maximum Gasteiger partial charge on any atom is 0.307 e. The van der Waals surface area contributed by atoms with Crippen molar-refractivity contribution in [1.82, 2.24) is 0 Å². The summed E-state index contributed by atoms with van der Waals surface area (Å²) in [5.74, 6) is -0.0116. The van der Waals surface area contributed by atoms with Gasteiger partial charge >= 0.3 is 5.97 Å². The van der Waals surface area contributed by atoms with E-state index in [0.29, 0.717) is 6.61 Å². The van der Waals surface area contributed by atoms with E-state index in [1.165, 1.54) is 11.1 Å². The molecule has 0 saturated carbocycles. The molecule has 0 spiro atoms. The van der Waals surface area contributed by atoms with Crippen molar-refractivity contribution < 1.29 is 14.6 Å². The molecule has 0 saturated heterocycles. The zero-order valence-corrected chi connectivity index (χ0v) is 16.0. The van der Waals surface area contributed by atoms with Gasteiger partial charge in [-0.2, -0.15) is 0 Å². The van der Waals surface area contributed by atoms with E-state index >= 15 is 0 Å². The molecule has 3 heteroatoms. The third kappa shape index (κ3) is 4.68. The maximum atomic E-state index is 11.1. The number of ether oxygens (including phenoxy) is 1. The number of aliphatic carboxylic acids is 1. The van der Waals surface area contributed by atoms with Crippen LogP contribution in [0.2, 0.25) is 0 Å². The summed E-state index contributed by atoms with van der Waals surface area (Å²) >= 11 is 0. The van der Waals surface area contributed by atoms with Crippen LogP contribution in [0.4, 0.5) is 0 Å². The summed E-state index contributed by atoms with van der Waals surface area (Å²) in [6.45, 7) is 4.85. The number of carboxylic acids is 1. The lowest BCUT2D eigenvalue weighted by atomic mass is 9.92. The highest BCUT2D eigenvalue weighted by Crippen LogP contribution is 2.37. The van der Waals surface area contributed by atoms with E-state index in [1.807, 2.05) is 30.3 Å². The van der Waals surface area contributed by atoms with E-state index in [0.717, 1.165) is 47.3 Å². The van der Waals surface area contributed by atoms with E-state index < -0.39 is 5.97 Å². The van der Waals surface area contributed by atoms with Crippen LogP contribution in [0, 0.1) is 0 Å². The van der Waals surface area contributed by atoms with Crippen molar-refractivity contribution in [1.29, 1.82) is 0 Å². The summed E-state index contributed by atoms with van der Waals surface area (Å²) in [6.07, 6.45) is 7.57. The maximum absolute atomic E-state index is 11.1. The molecule has 3 nitrogen and oxygen atoms in total. The lowest BCUT2D eigenvalue weighted by molar-refractivity contribution is -0.136. The average Bonchev–Trinajstić information content (AvgIpc) is 2.81. The van der Waals surface area contributed by atoms with Crippen molar-refractivity contribution in [3.05, 3.63) is 82.4 Å². The molecule has 0 aromatic heterocycles. The van der Waals surface area contributed by atoms with Gasteiger partial charge in [-0.25, -0.2) is 0 Å². The Bertz CT molecular complexity index is 890. The largest absolute Gasteiger partial charge is 0.488 e. The predicted octanol–water partition coefficient (Wildman–Crippen LogP) is 5.77. The fraction of sp³-hybridized carbons (Fsp3) is 0.292. The Morgan fingerprint density at radius 3 is 2.74 bits per heavy atom. The quantitative estimate of drug-likeness (QED) is 0.524. The standard InChI is InChI=1S/C24H26O3/c1-3-17(2)8-4-6-11-21-20-10-7-5-9-19(20)16-27-23-13-12-18(14-22(21)23)15-24(25)26/h5,7-14H,3-4,6,15-16H2,1-2H3,(H,25,26)/b17-8?,21-11-. The first-order chi connectivity index (χ1) is 13.1. The molecule has 1 heterocycles. The van der Waals surface area contributed by atoms with Crippen molar-refractivity contribution in [2.75, 3.05) is 0 Å². The smallest absolute Gasteiger partial charge is 0.307 e. The zero-order chi connectivity index (χ0) is 19.2. The van der Waals surface area contributed by atoms with E-state index in [9.17, 15) is 4.79 Å². The Hall–Kier alpha value is -2.81. The fourth-order valence-corrected chi connectivity index (χ4v) is 3.33. The van der Waals surface area contributed by atoms with Gasteiger partial charge in [-0.05, 0) is 60.6 Å². The van der Waals surface area contributed by atoms with Gasteiger partial charge in [-0.3, -0.25) is 4.79 Å². The number of fused-ring (bicyclic) bond motifs is 2. The number of carbonyl (C=O) groups is 1. The van der Waals surface area contributed by atoms with Crippen molar-refractivity contribution in [3.8, 4) is 5.75 Å². The molecule has 140 valence electrons. The molecule has 2 aromatic rings. The minimum absolute atomic E-state index is 0.0145. The normalized spacial score (nSPS) is 14.9. The Morgan fingerprint density at radius 2 is 1.96 bits per heavy atom. The summed E-state index contributed by atoms with van der Waals surface area (Å²) < 4.78 is 6.03. The molecule has 1 N–H and O–H groups in total. The molecule has 1 aliphatic rings. The molecule has 1 aliphatic heterocycles. The average molecular weight is 362 g/mol. The van der Waals surface area contributed by atoms with Gasteiger partial charge in [0, 0.05) is 5.56 Å². The van der Waals surface area contributed by atoms with Gasteiger partial charge < -0.3 is 9.84 Å². The van der Waals surface area contributed by atoms with Crippen molar-refractivity contribution >= 4 is 11.5 Å². The molecule has 27 heavy (non-hydrogen) atoms. The lowest BCUT2D eigenvalue weighted by Crippen LogP contribution is -2.01. The third-order valence-corrected chi connectivity index (χ3v) is 4.95. The first-order valence-corrected chi connectivity index (χ1v) is 9.50. The van der Waals surface area contributed by atoms with Gasteiger partial charge in [0.05, 0.1) is 6.42 Å². The Labute approximate surface area is 161 Å². The Morgan fingerprint density at radius 1 is 1.15 bits per heavy atom. The van der Waals surface area contributed by atoms with Crippen LogP contribution < -0.4 is 4.74 Å². The van der Waals surface area contributed by atoms with Crippen LogP contribution in [-0.4, -0.2) is 11.1 Å². The minimum Gasteiger partial charge on any atom is -0.488 e. The molecular formula is C24H26O3. The molecule has 0 amide bonds. The zero-order valence-electron chi connectivity index (χ0n) is 16.0. The number of allylic oxidation sites excluding steroid dienone is 3. The van der Waals surface area contributed by atoms with Crippen LogP contribution in [0.1, 0.15) is 55.4 Å². The number of hydrogen-bond acceptors (Lipinski definition) is 2. The van der Waals surface area contributed by atoms with E-state index in [4.69, 9.17) is 9.84 Å². The van der Waals surface area contributed by atoms with Gasteiger partial charge in [0.1, 0.15) is 12.4 Å². The number of benzene rings is 2. The van der Waals surface area contributed by atoms with Crippen LogP contribution in [0.15, 0.2) is 60.2 Å². The molecule has 0 radical (unpaired) electrons. The Kier molecular flexibility index (Phi) is 6.12. The Balaban J connectivity index is 2.02. The summed E-state index contributed by atoms with van der Waals surface area (Å²) in [5.41, 5.74) is 6.63. The second-order valence-corrected chi connectivity index (χ2v) is 6.95. The van der Waals surface area contributed by atoms with Crippen molar-refractivity contribution in [2.45, 2.75) is 46.1 Å². The third-order valence-electron chi connectivity index (χ3n) is 4.95. The summed E-state index contributed by atoms with van der Waals surface area (Å²) in [6, 6.07) is 14.0. The number of rotatable bonds is 6. The molecule has 3 rings (SSSR count). The molecule has 0 atom stereocenters. The highest BCUT2D eigenvalue weighted by molar-refractivity contribution is 5.85. The van der Waals surface area contributed by atoms with E-state index in [1.54, 1.807) is 0 Å². The molecule has 2 aromatic carbocycles. The van der Waals surface area contributed by atoms with Crippen LogP contribution in [0.5, 0.6) is 5.75 Å². The number of hydrogen-bond donors (Lipinski definition) is 1. The first-order valence-electron chi connectivity index (χ1n) is 9.50. The minimum atomic E-state index is -0.824.